The van der Waals surface area contributed by atoms with Crippen LogP contribution in [0.15, 0.2) is 39.9 Å². The first-order valence-corrected chi connectivity index (χ1v) is 8.79. The van der Waals surface area contributed by atoms with E-state index in [0.717, 1.165) is 6.07 Å². The van der Waals surface area contributed by atoms with Gasteiger partial charge in [0.15, 0.2) is 18.1 Å². The topological polar surface area (TPSA) is 110 Å². The summed E-state index contributed by atoms with van der Waals surface area (Å²) in [4.78, 5) is 23.3. The van der Waals surface area contributed by atoms with Gasteiger partial charge in [-0.1, -0.05) is 0 Å². The average molecular weight is 464 g/mol. The first-order valence-electron chi connectivity index (χ1n) is 7.99. The number of hydrazone groups is 1. The van der Waals surface area contributed by atoms with E-state index in [4.69, 9.17) is 14.7 Å². The van der Waals surface area contributed by atoms with Gasteiger partial charge in [-0.25, -0.2) is 14.6 Å². The molecular weight excluding hydrogens is 449 g/mol. The fourth-order valence-corrected chi connectivity index (χ4v) is 2.71. The highest BCUT2D eigenvalue weighted by molar-refractivity contribution is 9.10. The van der Waals surface area contributed by atoms with Gasteiger partial charge in [-0.3, -0.25) is 4.79 Å². The molecular formula is C19H15BrFN3O5. The zero-order valence-electron chi connectivity index (χ0n) is 15.4. The summed E-state index contributed by atoms with van der Waals surface area (Å²) in [5, 5.41) is 12.5. The summed E-state index contributed by atoms with van der Waals surface area (Å²) in [6.07, 6.45) is 1.32. The van der Waals surface area contributed by atoms with Crippen LogP contribution >= 0.6 is 15.9 Å². The van der Waals surface area contributed by atoms with Gasteiger partial charge in [0, 0.05) is 0 Å². The monoisotopic (exact) mass is 463 g/mol. The molecule has 0 bridgehead atoms. The van der Waals surface area contributed by atoms with Gasteiger partial charge in [-0.2, -0.15) is 10.4 Å². The average Bonchev–Trinajstić information content (AvgIpc) is 2.71. The van der Waals surface area contributed by atoms with E-state index >= 15 is 0 Å². The molecule has 1 amide bonds. The predicted octanol–water partition coefficient (Wildman–Crippen LogP) is 2.78. The maximum atomic E-state index is 13.9. The lowest BCUT2D eigenvalue weighted by Gasteiger charge is -2.12. The van der Waals surface area contributed by atoms with Crippen molar-refractivity contribution >= 4 is 34.0 Å². The first kappa shape index (κ1) is 21.8. The van der Waals surface area contributed by atoms with Crippen molar-refractivity contribution in [3.63, 3.8) is 0 Å². The van der Waals surface area contributed by atoms with Crippen LogP contribution in [0.2, 0.25) is 0 Å². The molecule has 29 heavy (non-hydrogen) atoms. The minimum atomic E-state index is -0.826. The number of methoxy groups -OCH3 is 2. The molecule has 0 spiro atoms. The lowest BCUT2D eigenvalue weighted by molar-refractivity contribution is -0.142. The van der Waals surface area contributed by atoms with Crippen molar-refractivity contribution in [3.8, 4) is 17.6 Å². The second-order valence-electron chi connectivity index (χ2n) is 5.40. The molecule has 2 aromatic rings. The van der Waals surface area contributed by atoms with Crippen LogP contribution < -0.4 is 14.9 Å². The van der Waals surface area contributed by atoms with Gasteiger partial charge in [0.1, 0.15) is 5.82 Å². The van der Waals surface area contributed by atoms with E-state index in [1.165, 1.54) is 32.6 Å². The van der Waals surface area contributed by atoms with E-state index in [1.54, 1.807) is 18.2 Å². The number of nitriles is 1. The molecule has 150 valence electrons. The summed E-state index contributed by atoms with van der Waals surface area (Å²) < 4.78 is 29.5. The molecule has 0 aromatic heterocycles. The third-order valence-electron chi connectivity index (χ3n) is 3.54. The predicted molar refractivity (Wildman–Crippen MR) is 104 cm³/mol. The first-order chi connectivity index (χ1) is 13.9. The molecule has 8 nitrogen and oxygen atoms in total. The Morgan fingerprint density at radius 3 is 2.69 bits per heavy atom. The Morgan fingerprint density at radius 2 is 2.07 bits per heavy atom. The SMILES string of the molecule is COC(=O)COc1c(Br)cc(/C=N\NC(=O)c2ccc(C#N)cc2F)cc1OC. The molecule has 0 fully saturated rings. The van der Waals surface area contributed by atoms with E-state index in [2.05, 4.69) is 31.2 Å². The van der Waals surface area contributed by atoms with Crippen molar-refractivity contribution in [1.29, 1.82) is 5.26 Å². The van der Waals surface area contributed by atoms with Gasteiger partial charge in [0.05, 0.1) is 42.1 Å². The van der Waals surface area contributed by atoms with Gasteiger partial charge in [-0.15, -0.1) is 0 Å². The fraction of sp³-hybridized carbons (Fsp3) is 0.158. The molecule has 10 heteroatoms. The van der Waals surface area contributed by atoms with Crippen LogP contribution in [0.5, 0.6) is 11.5 Å². The van der Waals surface area contributed by atoms with Crippen LogP contribution in [-0.4, -0.2) is 38.9 Å². The highest BCUT2D eigenvalue weighted by atomic mass is 79.9. The van der Waals surface area contributed by atoms with Crippen molar-refractivity contribution in [1.82, 2.24) is 5.43 Å². The smallest absolute Gasteiger partial charge is 0.343 e. The summed E-state index contributed by atoms with van der Waals surface area (Å²) in [6, 6.07) is 8.46. The fourth-order valence-electron chi connectivity index (χ4n) is 2.14. The number of benzene rings is 2. The van der Waals surface area contributed by atoms with Crippen molar-refractivity contribution in [2.24, 2.45) is 5.10 Å². The molecule has 0 saturated carbocycles. The normalized spacial score (nSPS) is 10.3. The lowest BCUT2D eigenvalue weighted by Crippen LogP contribution is -2.19. The van der Waals surface area contributed by atoms with Crippen LogP contribution in [0.4, 0.5) is 4.39 Å². The van der Waals surface area contributed by atoms with E-state index in [9.17, 15) is 14.0 Å². The molecule has 1 N–H and O–H groups in total. The number of rotatable bonds is 7. The number of amides is 1. The second kappa shape index (κ2) is 10.2. The zero-order chi connectivity index (χ0) is 21.4. The number of halogens is 2. The molecule has 0 aliphatic carbocycles. The van der Waals surface area contributed by atoms with Gasteiger partial charge in [0.25, 0.3) is 5.91 Å². The number of carbonyl (C=O) groups excluding carboxylic acids is 2. The maximum absolute atomic E-state index is 13.9. The Kier molecular flexibility index (Phi) is 7.68. The van der Waals surface area contributed by atoms with E-state index in [-0.39, 0.29) is 17.7 Å². The Labute approximate surface area is 174 Å². The molecule has 2 rings (SSSR count). The molecule has 0 heterocycles. The standard InChI is InChI=1S/C19H15BrFN3O5/c1-27-16-7-12(5-14(20)18(16)29-10-17(25)28-2)9-23-24-19(26)13-4-3-11(8-22)6-15(13)21/h3-7,9H,10H2,1-2H3,(H,24,26)/b23-9-. The minimum absolute atomic E-state index is 0.106. The zero-order valence-corrected chi connectivity index (χ0v) is 16.9. The van der Waals surface area contributed by atoms with Crippen molar-refractivity contribution < 1.29 is 28.2 Å². The van der Waals surface area contributed by atoms with Gasteiger partial charge < -0.3 is 14.2 Å². The van der Waals surface area contributed by atoms with Crippen LogP contribution in [0.3, 0.4) is 0 Å². The van der Waals surface area contributed by atoms with E-state index in [0.29, 0.717) is 21.5 Å². The van der Waals surface area contributed by atoms with Crippen LogP contribution in [0.1, 0.15) is 21.5 Å². The van der Waals surface area contributed by atoms with Crippen LogP contribution in [0.25, 0.3) is 0 Å². The number of esters is 1. The Balaban J connectivity index is 2.12. The van der Waals surface area contributed by atoms with Gasteiger partial charge >= 0.3 is 5.97 Å². The summed E-state index contributed by atoms with van der Waals surface area (Å²) in [5.74, 6) is -1.55. The van der Waals surface area contributed by atoms with Gasteiger partial charge in [0.2, 0.25) is 0 Å². The summed E-state index contributed by atoms with van der Waals surface area (Å²) in [5.41, 5.74) is 2.59. The van der Waals surface area contributed by atoms with Crippen molar-refractivity contribution in [2.75, 3.05) is 20.8 Å². The van der Waals surface area contributed by atoms with E-state index < -0.39 is 17.7 Å². The minimum Gasteiger partial charge on any atom is -0.493 e. The summed E-state index contributed by atoms with van der Waals surface area (Å²) >= 11 is 3.31. The second-order valence-corrected chi connectivity index (χ2v) is 6.26. The third kappa shape index (κ3) is 5.76. The largest absolute Gasteiger partial charge is 0.493 e. The number of nitrogens with zero attached hydrogens (tertiary/aromatic N) is 2. The summed E-state index contributed by atoms with van der Waals surface area (Å²) in [6.45, 7) is -0.300. The Bertz CT molecular complexity index is 1000. The molecule has 0 saturated heterocycles. The Morgan fingerprint density at radius 1 is 1.31 bits per heavy atom. The molecule has 0 radical (unpaired) electrons. The number of hydrogen-bond acceptors (Lipinski definition) is 7. The van der Waals surface area contributed by atoms with Gasteiger partial charge in [-0.05, 0) is 51.8 Å². The quantitative estimate of drug-likeness (QED) is 0.384. The van der Waals surface area contributed by atoms with E-state index in [1.807, 2.05) is 0 Å². The molecule has 0 aliphatic rings. The van der Waals surface area contributed by atoms with Crippen molar-refractivity contribution in [2.45, 2.75) is 0 Å². The summed E-state index contributed by atoms with van der Waals surface area (Å²) in [7, 11) is 2.67. The Hall–Kier alpha value is -3.45. The third-order valence-corrected chi connectivity index (χ3v) is 4.13. The number of carbonyl (C=O) groups is 2. The molecule has 0 aliphatic heterocycles. The number of nitrogens with one attached hydrogen (secondary N) is 1. The lowest BCUT2D eigenvalue weighted by atomic mass is 10.1. The van der Waals surface area contributed by atoms with Crippen LogP contribution in [0, 0.1) is 17.1 Å². The molecule has 0 unspecified atom stereocenters. The molecule has 0 atom stereocenters. The highest BCUT2D eigenvalue weighted by Gasteiger charge is 2.14. The number of hydrogen-bond donors (Lipinski definition) is 1. The maximum Gasteiger partial charge on any atom is 0.343 e. The highest BCUT2D eigenvalue weighted by Crippen LogP contribution is 2.36. The van der Waals surface area contributed by atoms with Crippen LogP contribution in [-0.2, 0) is 9.53 Å². The van der Waals surface area contributed by atoms with Crippen molar-refractivity contribution in [3.05, 3.63) is 57.3 Å². The molecule has 2 aromatic carbocycles. The number of ether oxygens (including phenoxy) is 3.